The van der Waals surface area contributed by atoms with Crippen molar-refractivity contribution in [3.63, 3.8) is 0 Å². The topological polar surface area (TPSA) is 38.9 Å². The maximum atomic E-state index is 13.1. The van der Waals surface area contributed by atoms with Crippen LogP contribution in [0, 0.1) is 17.7 Å². The van der Waals surface area contributed by atoms with Crippen LogP contribution in [0.3, 0.4) is 0 Å². The Bertz CT molecular complexity index is 359. The van der Waals surface area contributed by atoms with Crippen LogP contribution in [0.2, 0.25) is 0 Å². The highest BCUT2D eigenvalue weighted by Crippen LogP contribution is 2.36. The molecule has 17 heavy (non-hydrogen) atoms. The van der Waals surface area contributed by atoms with Crippen LogP contribution < -0.4 is 5.73 Å². The second-order valence-electron chi connectivity index (χ2n) is 5.15. The Morgan fingerprint density at radius 3 is 2.65 bits per heavy atom. The van der Waals surface area contributed by atoms with Crippen molar-refractivity contribution in [2.45, 2.75) is 45.1 Å². The second-order valence-corrected chi connectivity index (χ2v) is 5.15. The number of aromatic nitrogens is 1. The van der Waals surface area contributed by atoms with E-state index < -0.39 is 0 Å². The Balaban J connectivity index is 1.99. The molecular formula is C14H21FN2. The van der Waals surface area contributed by atoms with Crippen LogP contribution in [-0.4, -0.2) is 4.98 Å². The average molecular weight is 236 g/mol. The number of nitrogens with two attached hydrogens (primary N) is 1. The van der Waals surface area contributed by atoms with E-state index in [9.17, 15) is 4.39 Å². The zero-order valence-electron chi connectivity index (χ0n) is 10.4. The highest BCUT2D eigenvalue weighted by molar-refractivity contribution is 5.15. The van der Waals surface area contributed by atoms with Crippen LogP contribution in [0.15, 0.2) is 18.5 Å². The van der Waals surface area contributed by atoms with Crippen molar-refractivity contribution in [1.82, 2.24) is 4.98 Å². The first-order valence-electron chi connectivity index (χ1n) is 6.56. The molecule has 1 aromatic rings. The van der Waals surface area contributed by atoms with E-state index in [4.69, 9.17) is 5.73 Å². The first-order chi connectivity index (χ1) is 8.20. The minimum absolute atomic E-state index is 0.0593. The summed E-state index contributed by atoms with van der Waals surface area (Å²) in [6.07, 6.45) is 9.04. The van der Waals surface area contributed by atoms with Gasteiger partial charge in [0.15, 0.2) is 0 Å². The van der Waals surface area contributed by atoms with Crippen molar-refractivity contribution in [2.24, 2.45) is 17.6 Å². The summed E-state index contributed by atoms with van der Waals surface area (Å²) in [5.41, 5.74) is 7.06. The lowest BCUT2D eigenvalue weighted by Crippen LogP contribution is -2.26. The van der Waals surface area contributed by atoms with E-state index in [1.807, 2.05) is 0 Å². The molecule has 1 aromatic heterocycles. The van der Waals surface area contributed by atoms with Gasteiger partial charge in [-0.2, -0.15) is 0 Å². The van der Waals surface area contributed by atoms with Gasteiger partial charge >= 0.3 is 0 Å². The summed E-state index contributed by atoms with van der Waals surface area (Å²) in [6.45, 7) is 2.25. The van der Waals surface area contributed by atoms with E-state index in [1.165, 1.54) is 31.5 Å². The number of pyridine rings is 1. The molecule has 1 fully saturated rings. The van der Waals surface area contributed by atoms with Gasteiger partial charge in [-0.15, -0.1) is 0 Å². The minimum atomic E-state index is -0.291. The van der Waals surface area contributed by atoms with E-state index in [1.54, 1.807) is 6.20 Å². The predicted molar refractivity (Wildman–Crippen MR) is 66.9 cm³/mol. The molecule has 0 aromatic carbocycles. The van der Waals surface area contributed by atoms with Crippen LogP contribution in [0.25, 0.3) is 0 Å². The molecule has 1 heterocycles. The average Bonchev–Trinajstić information content (AvgIpc) is 2.38. The second kappa shape index (κ2) is 5.58. The molecule has 1 aliphatic carbocycles. The van der Waals surface area contributed by atoms with Crippen molar-refractivity contribution in [1.29, 1.82) is 0 Å². The highest BCUT2D eigenvalue weighted by atomic mass is 19.1. The molecule has 1 atom stereocenters. The molecule has 1 unspecified atom stereocenters. The molecule has 2 nitrogen and oxygen atoms in total. The Hall–Kier alpha value is -0.960. The number of hydrogen-bond donors (Lipinski definition) is 1. The van der Waals surface area contributed by atoms with Crippen molar-refractivity contribution in [3.8, 4) is 0 Å². The molecule has 0 radical (unpaired) electrons. The third kappa shape index (κ3) is 3.03. The molecule has 3 heteroatoms. The molecular weight excluding hydrogens is 215 g/mol. The van der Waals surface area contributed by atoms with Gasteiger partial charge in [0.25, 0.3) is 0 Å². The summed E-state index contributed by atoms with van der Waals surface area (Å²) in [4.78, 5) is 3.88. The summed E-state index contributed by atoms with van der Waals surface area (Å²) in [5.74, 6) is 1.06. The van der Waals surface area contributed by atoms with Gasteiger partial charge < -0.3 is 5.73 Å². The van der Waals surface area contributed by atoms with Gasteiger partial charge in [-0.05, 0) is 36.3 Å². The molecule has 94 valence electrons. The summed E-state index contributed by atoms with van der Waals surface area (Å²) < 4.78 is 13.1. The Morgan fingerprint density at radius 2 is 2.06 bits per heavy atom. The van der Waals surface area contributed by atoms with Crippen molar-refractivity contribution in [2.75, 3.05) is 0 Å². The third-order valence-corrected chi connectivity index (χ3v) is 4.09. The Labute approximate surface area is 102 Å². The first-order valence-corrected chi connectivity index (χ1v) is 6.56. The van der Waals surface area contributed by atoms with E-state index >= 15 is 0 Å². The molecule has 2 rings (SSSR count). The number of halogens is 1. The van der Waals surface area contributed by atoms with Crippen molar-refractivity contribution in [3.05, 3.63) is 29.8 Å². The number of rotatable bonds is 3. The summed E-state index contributed by atoms with van der Waals surface area (Å²) >= 11 is 0. The highest BCUT2D eigenvalue weighted by Gasteiger charge is 2.25. The standard InChI is InChI=1S/C14H21FN2/c1-2-10-3-5-11(6-4-10)14(16)12-7-13(15)9-17-8-12/h7-11,14H,2-6,16H2,1H3. The quantitative estimate of drug-likeness (QED) is 0.873. The normalized spacial score (nSPS) is 26.8. The fourth-order valence-electron chi connectivity index (χ4n) is 2.84. The zero-order valence-corrected chi connectivity index (χ0v) is 10.4. The van der Waals surface area contributed by atoms with Gasteiger partial charge in [-0.3, -0.25) is 4.98 Å². The molecule has 0 saturated heterocycles. The van der Waals surface area contributed by atoms with Crippen molar-refractivity contribution >= 4 is 0 Å². The molecule has 0 aliphatic heterocycles. The van der Waals surface area contributed by atoms with Crippen LogP contribution >= 0.6 is 0 Å². The zero-order chi connectivity index (χ0) is 12.3. The third-order valence-electron chi connectivity index (χ3n) is 4.09. The van der Waals surface area contributed by atoms with Crippen molar-refractivity contribution < 1.29 is 4.39 Å². The monoisotopic (exact) mass is 236 g/mol. The van der Waals surface area contributed by atoms with E-state index in [0.29, 0.717) is 5.92 Å². The fraction of sp³-hybridized carbons (Fsp3) is 0.643. The van der Waals surface area contributed by atoms with Crippen LogP contribution in [0.5, 0.6) is 0 Å². The Morgan fingerprint density at radius 1 is 1.35 bits per heavy atom. The number of hydrogen-bond acceptors (Lipinski definition) is 2. The van der Waals surface area contributed by atoms with Gasteiger partial charge in [0.1, 0.15) is 5.82 Å². The molecule has 2 N–H and O–H groups in total. The van der Waals surface area contributed by atoms with Crippen LogP contribution in [0.1, 0.15) is 50.6 Å². The summed E-state index contributed by atoms with van der Waals surface area (Å²) in [6, 6.07) is 1.46. The maximum Gasteiger partial charge on any atom is 0.141 e. The smallest absolute Gasteiger partial charge is 0.141 e. The fourth-order valence-corrected chi connectivity index (χ4v) is 2.84. The minimum Gasteiger partial charge on any atom is -0.324 e. The first kappa shape index (κ1) is 12.5. The van der Waals surface area contributed by atoms with Gasteiger partial charge in [-0.25, -0.2) is 4.39 Å². The summed E-state index contributed by atoms with van der Waals surface area (Å²) in [5, 5.41) is 0. The largest absolute Gasteiger partial charge is 0.324 e. The lowest BCUT2D eigenvalue weighted by Gasteiger charge is -2.31. The maximum absolute atomic E-state index is 13.1. The van der Waals surface area contributed by atoms with Crippen LogP contribution in [0.4, 0.5) is 4.39 Å². The van der Waals surface area contributed by atoms with E-state index in [-0.39, 0.29) is 11.9 Å². The predicted octanol–water partition coefficient (Wildman–Crippen LogP) is 3.44. The molecule has 1 saturated carbocycles. The SMILES string of the molecule is CCC1CCC(C(N)c2cncc(F)c2)CC1. The Kier molecular flexibility index (Phi) is 4.11. The van der Waals surface area contributed by atoms with E-state index in [0.717, 1.165) is 24.3 Å². The van der Waals surface area contributed by atoms with Gasteiger partial charge in [0.2, 0.25) is 0 Å². The van der Waals surface area contributed by atoms with E-state index in [2.05, 4.69) is 11.9 Å². The summed E-state index contributed by atoms with van der Waals surface area (Å²) in [7, 11) is 0. The van der Waals surface area contributed by atoms with Gasteiger partial charge in [0.05, 0.1) is 6.20 Å². The molecule has 0 bridgehead atoms. The lowest BCUT2D eigenvalue weighted by atomic mass is 9.76. The molecule has 0 spiro atoms. The molecule has 0 amide bonds. The van der Waals surface area contributed by atoms with Gasteiger partial charge in [0, 0.05) is 12.2 Å². The molecule has 1 aliphatic rings. The van der Waals surface area contributed by atoms with Crippen LogP contribution in [-0.2, 0) is 0 Å². The number of nitrogens with zero attached hydrogens (tertiary/aromatic N) is 1. The van der Waals surface area contributed by atoms with Gasteiger partial charge in [-0.1, -0.05) is 26.2 Å². The lowest BCUT2D eigenvalue weighted by molar-refractivity contribution is 0.239.